The first-order chi connectivity index (χ1) is 8.60. The molecule has 4 nitrogen and oxygen atoms in total. The van der Waals surface area contributed by atoms with E-state index in [1.165, 1.54) is 32.4 Å². The molecule has 4 heteroatoms. The summed E-state index contributed by atoms with van der Waals surface area (Å²) in [6.45, 7) is 9.10. The molecule has 4 atom stereocenters. The quantitative estimate of drug-likeness (QED) is 0.836. The lowest BCUT2D eigenvalue weighted by Crippen LogP contribution is -2.55. The largest absolute Gasteiger partial charge is 0.448 e. The molecule has 3 aliphatic rings. The van der Waals surface area contributed by atoms with Gasteiger partial charge in [0.25, 0.3) is 0 Å². The SMILES string of the molecule is CC[C@H]1CN2CC[C@H]1C[C@@H]2COC(=O)NC(C)C. The fourth-order valence-corrected chi connectivity index (χ4v) is 3.33. The maximum Gasteiger partial charge on any atom is 0.407 e. The molecular weight excluding hydrogens is 228 g/mol. The van der Waals surface area contributed by atoms with Crippen molar-refractivity contribution in [3.8, 4) is 0 Å². The summed E-state index contributed by atoms with van der Waals surface area (Å²) in [7, 11) is 0. The summed E-state index contributed by atoms with van der Waals surface area (Å²) in [5.41, 5.74) is 0. The minimum Gasteiger partial charge on any atom is -0.448 e. The highest BCUT2D eigenvalue weighted by molar-refractivity contribution is 5.67. The molecule has 3 saturated heterocycles. The highest BCUT2D eigenvalue weighted by atomic mass is 16.5. The van der Waals surface area contributed by atoms with Crippen molar-refractivity contribution in [2.45, 2.75) is 52.1 Å². The normalized spacial score (nSPS) is 34.7. The smallest absolute Gasteiger partial charge is 0.407 e. The molecule has 2 bridgehead atoms. The Morgan fingerprint density at radius 2 is 2.28 bits per heavy atom. The van der Waals surface area contributed by atoms with Crippen LogP contribution in [0.25, 0.3) is 0 Å². The lowest BCUT2D eigenvalue weighted by molar-refractivity contribution is -0.0256. The Hall–Kier alpha value is -0.770. The van der Waals surface area contributed by atoms with Gasteiger partial charge in [0.15, 0.2) is 0 Å². The van der Waals surface area contributed by atoms with Crippen LogP contribution in [0.5, 0.6) is 0 Å². The molecule has 104 valence electrons. The van der Waals surface area contributed by atoms with E-state index in [0.717, 1.165) is 11.8 Å². The van der Waals surface area contributed by atoms with E-state index in [9.17, 15) is 4.79 Å². The zero-order chi connectivity index (χ0) is 13.1. The fraction of sp³-hybridized carbons (Fsp3) is 0.929. The van der Waals surface area contributed by atoms with Gasteiger partial charge < -0.3 is 10.1 Å². The number of ether oxygens (including phenoxy) is 1. The molecule has 1 unspecified atom stereocenters. The van der Waals surface area contributed by atoms with Crippen LogP contribution in [0.4, 0.5) is 4.79 Å². The molecule has 18 heavy (non-hydrogen) atoms. The third kappa shape index (κ3) is 3.16. The summed E-state index contributed by atoms with van der Waals surface area (Å²) in [6.07, 6.45) is 3.53. The van der Waals surface area contributed by atoms with Crippen LogP contribution >= 0.6 is 0 Å². The second kappa shape index (κ2) is 5.91. The van der Waals surface area contributed by atoms with Crippen molar-refractivity contribution < 1.29 is 9.53 Å². The van der Waals surface area contributed by atoms with Crippen molar-refractivity contribution in [3.05, 3.63) is 0 Å². The van der Waals surface area contributed by atoms with E-state index >= 15 is 0 Å². The highest BCUT2D eigenvalue weighted by Crippen LogP contribution is 2.37. The third-order valence-corrected chi connectivity index (χ3v) is 4.35. The van der Waals surface area contributed by atoms with Gasteiger partial charge in [-0.05, 0) is 45.1 Å². The van der Waals surface area contributed by atoms with E-state index in [1.807, 2.05) is 13.8 Å². The van der Waals surface area contributed by atoms with E-state index in [0.29, 0.717) is 12.6 Å². The summed E-state index contributed by atoms with van der Waals surface area (Å²) in [4.78, 5) is 14.0. The minimum absolute atomic E-state index is 0.144. The summed E-state index contributed by atoms with van der Waals surface area (Å²) < 4.78 is 5.32. The monoisotopic (exact) mass is 254 g/mol. The number of carbonyl (C=O) groups is 1. The van der Waals surface area contributed by atoms with Gasteiger partial charge in [0.1, 0.15) is 6.61 Å². The van der Waals surface area contributed by atoms with E-state index in [4.69, 9.17) is 4.74 Å². The summed E-state index contributed by atoms with van der Waals surface area (Å²) >= 11 is 0. The van der Waals surface area contributed by atoms with Crippen molar-refractivity contribution in [2.75, 3.05) is 19.7 Å². The maximum absolute atomic E-state index is 11.5. The number of hydrogen-bond donors (Lipinski definition) is 1. The standard InChI is InChI=1S/C14H26N2O2/c1-4-11-8-16-6-5-12(11)7-13(16)9-18-14(17)15-10(2)3/h10-13H,4-9H2,1-3H3,(H,15,17)/t11-,12-,13+/m0/s1. The lowest BCUT2D eigenvalue weighted by Gasteiger charge is -2.49. The van der Waals surface area contributed by atoms with Gasteiger partial charge in [0.2, 0.25) is 0 Å². The molecule has 0 aromatic heterocycles. The van der Waals surface area contributed by atoms with Gasteiger partial charge >= 0.3 is 6.09 Å². The van der Waals surface area contributed by atoms with Gasteiger partial charge in [-0.15, -0.1) is 0 Å². The Bertz CT molecular complexity index is 294. The number of hydrogen-bond acceptors (Lipinski definition) is 3. The van der Waals surface area contributed by atoms with Crippen molar-refractivity contribution in [3.63, 3.8) is 0 Å². The molecule has 1 N–H and O–H groups in total. The second-order valence-electron chi connectivity index (χ2n) is 6.00. The van der Waals surface area contributed by atoms with Crippen molar-refractivity contribution in [2.24, 2.45) is 11.8 Å². The summed E-state index contributed by atoms with van der Waals surface area (Å²) in [6, 6.07) is 0.592. The van der Waals surface area contributed by atoms with Gasteiger partial charge in [-0.2, -0.15) is 0 Å². The average Bonchev–Trinajstić information content (AvgIpc) is 2.36. The number of alkyl carbamates (subject to hydrolysis) is 1. The van der Waals surface area contributed by atoms with E-state index in [-0.39, 0.29) is 12.1 Å². The molecule has 0 aromatic carbocycles. The molecule has 1 amide bonds. The van der Waals surface area contributed by atoms with Gasteiger partial charge in [0.05, 0.1) is 0 Å². The third-order valence-electron chi connectivity index (χ3n) is 4.35. The predicted molar refractivity (Wildman–Crippen MR) is 71.5 cm³/mol. The number of carbonyl (C=O) groups excluding carboxylic acids is 1. The van der Waals surface area contributed by atoms with Crippen LogP contribution in [0, 0.1) is 11.8 Å². The van der Waals surface area contributed by atoms with Crippen LogP contribution in [0.3, 0.4) is 0 Å². The Morgan fingerprint density at radius 3 is 2.83 bits per heavy atom. The Kier molecular flexibility index (Phi) is 4.49. The molecule has 0 saturated carbocycles. The van der Waals surface area contributed by atoms with Crippen LogP contribution in [0.1, 0.15) is 40.0 Å². The first-order valence-electron chi connectivity index (χ1n) is 7.27. The second-order valence-corrected chi connectivity index (χ2v) is 6.00. The molecular formula is C14H26N2O2. The summed E-state index contributed by atoms with van der Waals surface area (Å²) in [5, 5.41) is 2.77. The number of piperidine rings is 3. The number of fused-ring (bicyclic) bond motifs is 3. The maximum atomic E-state index is 11.5. The molecule has 3 heterocycles. The van der Waals surface area contributed by atoms with Crippen LogP contribution in [0.2, 0.25) is 0 Å². The molecule has 3 aliphatic heterocycles. The van der Waals surface area contributed by atoms with E-state index in [1.54, 1.807) is 0 Å². The first-order valence-corrected chi connectivity index (χ1v) is 7.27. The van der Waals surface area contributed by atoms with Gasteiger partial charge in [-0.1, -0.05) is 13.3 Å². The zero-order valence-electron chi connectivity index (χ0n) is 11.8. The molecule has 0 spiro atoms. The van der Waals surface area contributed by atoms with Crippen molar-refractivity contribution in [1.82, 2.24) is 10.2 Å². The fourth-order valence-electron chi connectivity index (χ4n) is 3.33. The Labute approximate surface area is 110 Å². The number of rotatable bonds is 4. The number of nitrogens with one attached hydrogen (secondary N) is 1. The average molecular weight is 254 g/mol. The zero-order valence-corrected chi connectivity index (χ0v) is 11.8. The van der Waals surface area contributed by atoms with E-state index < -0.39 is 0 Å². The van der Waals surface area contributed by atoms with Crippen molar-refractivity contribution >= 4 is 6.09 Å². The lowest BCUT2D eigenvalue weighted by atomic mass is 9.75. The van der Waals surface area contributed by atoms with Crippen LogP contribution in [-0.4, -0.2) is 42.8 Å². The Balaban J connectivity index is 1.77. The highest BCUT2D eigenvalue weighted by Gasteiger charge is 2.39. The van der Waals surface area contributed by atoms with Crippen LogP contribution in [0.15, 0.2) is 0 Å². The molecule has 0 radical (unpaired) electrons. The van der Waals surface area contributed by atoms with Crippen LogP contribution < -0.4 is 5.32 Å². The Morgan fingerprint density at radius 1 is 1.50 bits per heavy atom. The van der Waals surface area contributed by atoms with E-state index in [2.05, 4.69) is 17.1 Å². The predicted octanol–water partition coefficient (Wildman–Crippen LogP) is 2.24. The molecule has 0 aromatic rings. The van der Waals surface area contributed by atoms with Gasteiger partial charge in [0, 0.05) is 18.6 Å². The van der Waals surface area contributed by atoms with Gasteiger partial charge in [-0.3, -0.25) is 4.90 Å². The van der Waals surface area contributed by atoms with Crippen molar-refractivity contribution in [1.29, 1.82) is 0 Å². The first kappa shape index (κ1) is 13.7. The molecule has 3 fully saturated rings. The topological polar surface area (TPSA) is 41.6 Å². The number of amides is 1. The minimum atomic E-state index is -0.278. The van der Waals surface area contributed by atoms with Crippen LogP contribution in [-0.2, 0) is 4.74 Å². The summed E-state index contributed by atoms with van der Waals surface area (Å²) in [5.74, 6) is 1.71. The van der Waals surface area contributed by atoms with Gasteiger partial charge in [-0.25, -0.2) is 4.79 Å². The molecule has 3 rings (SSSR count). The molecule has 0 aliphatic carbocycles. The number of nitrogens with zero attached hydrogens (tertiary/aromatic N) is 1.